The highest BCUT2D eigenvalue weighted by molar-refractivity contribution is 5.40. The van der Waals surface area contributed by atoms with Crippen molar-refractivity contribution in [3.63, 3.8) is 0 Å². The van der Waals surface area contributed by atoms with Crippen LogP contribution < -0.4 is 14.8 Å². The molecule has 0 spiro atoms. The summed E-state index contributed by atoms with van der Waals surface area (Å²) in [5.41, 5.74) is 1.23. The molecule has 0 aliphatic carbocycles. The molecule has 0 aromatic heterocycles. The van der Waals surface area contributed by atoms with Crippen LogP contribution in [0.5, 0.6) is 11.5 Å². The molecule has 1 N–H and O–H groups in total. The van der Waals surface area contributed by atoms with E-state index in [0.29, 0.717) is 6.61 Å². The Kier molecular flexibility index (Phi) is 7.30. The molecule has 21 heavy (non-hydrogen) atoms. The maximum atomic E-state index is 5.87. The molecule has 0 unspecified atom stereocenters. The molecule has 0 amide bonds. The molecule has 0 aliphatic rings. The fourth-order valence-electron chi connectivity index (χ4n) is 1.74. The third kappa shape index (κ3) is 7.19. The van der Waals surface area contributed by atoms with Crippen LogP contribution in [0.3, 0.4) is 0 Å². The van der Waals surface area contributed by atoms with Crippen molar-refractivity contribution < 1.29 is 9.47 Å². The normalized spacial score (nSPS) is 11.2. The Morgan fingerprint density at radius 3 is 2.57 bits per heavy atom. The summed E-state index contributed by atoms with van der Waals surface area (Å²) in [6.07, 6.45) is 3.71. The predicted molar refractivity (Wildman–Crippen MR) is 89.1 cm³/mol. The highest BCUT2D eigenvalue weighted by Gasteiger charge is 2.12. The third-order valence-corrected chi connectivity index (χ3v) is 2.90. The van der Waals surface area contributed by atoms with Crippen molar-refractivity contribution in [3.05, 3.63) is 36.4 Å². The molecule has 0 radical (unpaired) electrons. The van der Waals surface area contributed by atoms with Crippen molar-refractivity contribution in [1.29, 1.82) is 0 Å². The van der Waals surface area contributed by atoms with E-state index in [1.54, 1.807) is 0 Å². The summed E-state index contributed by atoms with van der Waals surface area (Å²) in [5, 5.41) is 3.49. The van der Waals surface area contributed by atoms with Crippen LogP contribution in [0.4, 0.5) is 0 Å². The summed E-state index contributed by atoms with van der Waals surface area (Å²) in [6.45, 7) is 14.4. The second-order valence-corrected chi connectivity index (χ2v) is 6.15. The Labute approximate surface area is 129 Å². The van der Waals surface area contributed by atoms with Gasteiger partial charge in [-0.2, -0.15) is 0 Å². The number of hydrogen-bond donors (Lipinski definition) is 1. The predicted octanol–water partition coefficient (Wildman–Crippen LogP) is 4.32. The Morgan fingerprint density at radius 2 is 1.95 bits per heavy atom. The zero-order valence-electron chi connectivity index (χ0n) is 13.9. The molecule has 0 fully saturated rings. The Bertz CT molecular complexity index is 435. The van der Waals surface area contributed by atoms with E-state index in [4.69, 9.17) is 9.47 Å². The zero-order valence-corrected chi connectivity index (χ0v) is 13.9. The van der Waals surface area contributed by atoms with Gasteiger partial charge in [0.2, 0.25) is 0 Å². The van der Waals surface area contributed by atoms with Gasteiger partial charge >= 0.3 is 0 Å². The molecule has 0 heterocycles. The molecular formula is C18H29NO2. The van der Waals surface area contributed by atoms with Gasteiger partial charge in [-0.1, -0.05) is 19.1 Å². The van der Waals surface area contributed by atoms with E-state index >= 15 is 0 Å². The van der Waals surface area contributed by atoms with Gasteiger partial charge in [0.15, 0.2) is 0 Å². The Morgan fingerprint density at radius 1 is 1.19 bits per heavy atom. The van der Waals surface area contributed by atoms with Crippen LogP contribution in [0.25, 0.3) is 0 Å². The van der Waals surface area contributed by atoms with E-state index in [-0.39, 0.29) is 5.54 Å². The van der Waals surface area contributed by atoms with Crippen molar-refractivity contribution in [3.8, 4) is 11.5 Å². The second kappa shape index (κ2) is 8.73. The standard InChI is InChI=1S/C18H29NO2/c1-6-8-12-21-17-13-16(20-11-7-2)10-9-15(17)14-19-18(3,4)5/h6,9-10,13,19H,1,7-8,11-12,14H2,2-5H3. The molecule has 1 aromatic rings. The zero-order chi connectivity index (χ0) is 15.7. The van der Waals surface area contributed by atoms with Crippen molar-refractivity contribution >= 4 is 0 Å². The maximum Gasteiger partial charge on any atom is 0.127 e. The van der Waals surface area contributed by atoms with Crippen molar-refractivity contribution in [2.75, 3.05) is 13.2 Å². The largest absolute Gasteiger partial charge is 0.493 e. The maximum absolute atomic E-state index is 5.87. The van der Waals surface area contributed by atoms with Crippen LogP contribution in [0, 0.1) is 0 Å². The molecule has 1 aromatic carbocycles. The Balaban J connectivity index is 2.80. The van der Waals surface area contributed by atoms with Crippen molar-refractivity contribution in [2.24, 2.45) is 0 Å². The Hall–Kier alpha value is -1.48. The van der Waals surface area contributed by atoms with Crippen LogP contribution >= 0.6 is 0 Å². The highest BCUT2D eigenvalue weighted by atomic mass is 16.5. The molecule has 0 saturated carbocycles. The number of hydrogen-bond acceptors (Lipinski definition) is 3. The minimum absolute atomic E-state index is 0.0791. The van der Waals surface area contributed by atoms with Gasteiger partial charge in [-0.25, -0.2) is 0 Å². The molecule has 0 aliphatic heterocycles. The fourth-order valence-corrected chi connectivity index (χ4v) is 1.74. The van der Waals surface area contributed by atoms with Crippen molar-refractivity contribution in [2.45, 2.75) is 52.6 Å². The van der Waals surface area contributed by atoms with Gasteiger partial charge in [0.05, 0.1) is 13.2 Å². The first-order valence-electron chi connectivity index (χ1n) is 7.70. The van der Waals surface area contributed by atoms with E-state index in [1.165, 1.54) is 0 Å². The van der Waals surface area contributed by atoms with Crippen LogP contribution in [-0.4, -0.2) is 18.8 Å². The molecular weight excluding hydrogens is 262 g/mol. The van der Waals surface area contributed by atoms with E-state index in [9.17, 15) is 0 Å². The van der Waals surface area contributed by atoms with Gasteiger partial charge < -0.3 is 14.8 Å². The van der Waals surface area contributed by atoms with E-state index < -0.39 is 0 Å². The lowest BCUT2D eigenvalue weighted by Gasteiger charge is -2.22. The average Bonchev–Trinajstić information content (AvgIpc) is 2.43. The van der Waals surface area contributed by atoms with Crippen LogP contribution in [-0.2, 0) is 6.54 Å². The first-order chi connectivity index (χ1) is 9.96. The molecule has 118 valence electrons. The van der Waals surface area contributed by atoms with E-state index in [0.717, 1.165) is 43.1 Å². The first-order valence-corrected chi connectivity index (χ1v) is 7.70. The van der Waals surface area contributed by atoms with E-state index in [1.807, 2.05) is 18.2 Å². The van der Waals surface area contributed by atoms with Crippen LogP contribution in [0.15, 0.2) is 30.9 Å². The first kappa shape index (κ1) is 17.6. The van der Waals surface area contributed by atoms with Crippen molar-refractivity contribution in [1.82, 2.24) is 5.32 Å². The summed E-state index contributed by atoms with van der Waals surface area (Å²) >= 11 is 0. The second-order valence-electron chi connectivity index (χ2n) is 6.15. The summed E-state index contributed by atoms with van der Waals surface area (Å²) in [6, 6.07) is 6.07. The quantitative estimate of drug-likeness (QED) is 0.543. The van der Waals surface area contributed by atoms with Gasteiger partial charge in [-0.3, -0.25) is 0 Å². The van der Waals surface area contributed by atoms with Gasteiger partial charge in [-0.05, 0) is 39.7 Å². The van der Waals surface area contributed by atoms with Gasteiger partial charge in [0, 0.05) is 23.7 Å². The van der Waals surface area contributed by atoms with E-state index in [2.05, 4.69) is 45.7 Å². The minimum atomic E-state index is 0.0791. The lowest BCUT2D eigenvalue weighted by molar-refractivity contribution is 0.301. The lowest BCUT2D eigenvalue weighted by atomic mass is 10.1. The molecule has 1 rings (SSSR count). The number of rotatable bonds is 9. The topological polar surface area (TPSA) is 30.5 Å². The third-order valence-electron chi connectivity index (χ3n) is 2.90. The fraction of sp³-hybridized carbons (Fsp3) is 0.556. The van der Waals surface area contributed by atoms with Gasteiger partial charge in [0.25, 0.3) is 0 Å². The molecule has 3 nitrogen and oxygen atoms in total. The summed E-state index contributed by atoms with van der Waals surface area (Å²) in [5.74, 6) is 1.76. The van der Waals surface area contributed by atoms with Crippen LogP contribution in [0.1, 0.15) is 46.1 Å². The molecule has 0 atom stereocenters. The lowest BCUT2D eigenvalue weighted by Crippen LogP contribution is -2.35. The SMILES string of the molecule is C=CCCOc1cc(OCCC)ccc1CNC(C)(C)C. The highest BCUT2D eigenvalue weighted by Crippen LogP contribution is 2.26. The summed E-state index contributed by atoms with van der Waals surface area (Å²) in [4.78, 5) is 0. The molecule has 0 saturated heterocycles. The smallest absolute Gasteiger partial charge is 0.127 e. The average molecular weight is 291 g/mol. The monoisotopic (exact) mass is 291 g/mol. The molecule has 0 bridgehead atoms. The van der Waals surface area contributed by atoms with Gasteiger partial charge in [0.1, 0.15) is 11.5 Å². The number of ether oxygens (including phenoxy) is 2. The minimum Gasteiger partial charge on any atom is -0.493 e. The summed E-state index contributed by atoms with van der Waals surface area (Å²) < 4.78 is 11.6. The van der Waals surface area contributed by atoms with Gasteiger partial charge in [-0.15, -0.1) is 6.58 Å². The number of nitrogens with one attached hydrogen (secondary N) is 1. The molecule has 3 heteroatoms. The number of benzene rings is 1. The summed E-state index contributed by atoms with van der Waals surface area (Å²) in [7, 11) is 0. The van der Waals surface area contributed by atoms with Crippen LogP contribution in [0.2, 0.25) is 0 Å².